The van der Waals surface area contributed by atoms with Crippen molar-refractivity contribution in [2.45, 2.75) is 17.7 Å². The average Bonchev–Trinajstić information content (AvgIpc) is 3.21. The number of benzene rings is 1. The van der Waals surface area contributed by atoms with Gasteiger partial charge in [0, 0.05) is 24.7 Å². The van der Waals surface area contributed by atoms with E-state index in [1.165, 1.54) is 31.8 Å². The van der Waals surface area contributed by atoms with Crippen molar-refractivity contribution in [2.24, 2.45) is 5.92 Å². The lowest BCUT2D eigenvalue weighted by Crippen LogP contribution is -2.41. The molecule has 2 heterocycles. The minimum atomic E-state index is -3.74. The predicted molar refractivity (Wildman–Crippen MR) is 101 cm³/mol. The van der Waals surface area contributed by atoms with Crippen LogP contribution in [0.2, 0.25) is 5.02 Å². The Morgan fingerprint density at radius 1 is 1.33 bits per heavy atom. The van der Waals surface area contributed by atoms with E-state index < -0.39 is 10.0 Å². The number of piperidine rings is 1. The zero-order valence-corrected chi connectivity index (χ0v) is 16.4. The third-order valence-electron chi connectivity index (χ3n) is 4.65. The lowest BCUT2D eigenvalue weighted by Gasteiger charge is -2.31. The number of halogens is 1. The van der Waals surface area contributed by atoms with Crippen LogP contribution in [0.15, 0.2) is 46.1 Å². The molecule has 1 aliphatic rings. The van der Waals surface area contributed by atoms with Crippen LogP contribution in [0.4, 0.5) is 0 Å². The predicted octanol–water partition coefficient (Wildman–Crippen LogP) is 2.77. The largest absolute Gasteiger partial charge is 0.495 e. The number of hydrogen-bond donors (Lipinski definition) is 1. The van der Waals surface area contributed by atoms with E-state index >= 15 is 0 Å². The number of ether oxygens (including phenoxy) is 1. The second kappa shape index (κ2) is 8.33. The summed E-state index contributed by atoms with van der Waals surface area (Å²) in [4.78, 5) is 14.1. The highest BCUT2D eigenvalue weighted by molar-refractivity contribution is 7.89. The molecule has 0 spiro atoms. The first-order chi connectivity index (χ1) is 12.9. The third kappa shape index (κ3) is 4.63. The fourth-order valence-electron chi connectivity index (χ4n) is 3.07. The summed E-state index contributed by atoms with van der Waals surface area (Å²) in [6.07, 6.45) is 4.34. The van der Waals surface area contributed by atoms with Crippen molar-refractivity contribution < 1.29 is 22.4 Å². The molecule has 3 rings (SSSR count). The van der Waals surface area contributed by atoms with E-state index in [-0.39, 0.29) is 22.5 Å². The summed E-state index contributed by atoms with van der Waals surface area (Å²) in [5, 5.41) is 0.322. The molecule has 0 atom stereocenters. The number of likely N-dealkylation sites (tertiary alicyclic amines) is 1. The van der Waals surface area contributed by atoms with Crippen molar-refractivity contribution >= 4 is 27.5 Å². The number of carbonyl (C=O) groups excluding carboxylic acids is 1. The van der Waals surface area contributed by atoms with Crippen LogP contribution in [0, 0.1) is 5.92 Å². The molecule has 27 heavy (non-hydrogen) atoms. The van der Waals surface area contributed by atoms with Crippen molar-refractivity contribution in [1.29, 1.82) is 0 Å². The van der Waals surface area contributed by atoms with Crippen molar-refractivity contribution in [1.82, 2.24) is 9.62 Å². The van der Waals surface area contributed by atoms with Gasteiger partial charge in [-0.25, -0.2) is 13.1 Å². The summed E-state index contributed by atoms with van der Waals surface area (Å²) in [6, 6.07) is 6.11. The van der Waals surface area contributed by atoms with Crippen LogP contribution in [-0.2, 0) is 10.0 Å². The second-order valence-corrected chi connectivity index (χ2v) is 8.57. The van der Waals surface area contributed by atoms with Crippen LogP contribution in [0.3, 0.4) is 0 Å². The van der Waals surface area contributed by atoms with Crippen molar-refractivity contribution in [2.75, 3.05) is 26.7 Å². The number of nitrogens with zero attached hydrogens (tertiary/aromatic N) is 1. The molecule has 0 saturated carbocycles. The Balaban J connectivity index is 1.57. The van der Waals surface area contributed by atoms with E-state index in [2.05, 4.69) is 4.72 Å². The quantitative estimate of drug-likeness (QED) is 0.788. The Labute approximate surface area is 163 Å². The normalized spacial score (nSPS) is 15.7. The molecule has 0 unspecified atom stereocenters. The number of sulfonamides is 1. The molecule has 0 radical (unpaired) electrons. The molecule has 1 amide bonds. The highest BCUT2D eigenvalue weighted by Crippen LogP contribution is 2.27. The maximum absolute atomic E-state index is 12.6. The Morgan fingerprint density at radius 2 is 2.07 bits per heavy atom. The van der Waals surface area contributed by atoms with Gasteiger partial charge in [-0.2, -0.15) is 0 Å². The van der Waals surface area contributed by atoms with Gasteiger partial charge >= 0.3 is 0 Å². The first-order valence-electron chi connectivity index (χ1n) is 8.55. The number of rotatable bonds is 6. The van der Waals surface area contributed by atoms with Crippen molar-refractivity contribution in [3.63, 3.8) is 0 Å². The smallest absolute Gasteiger partial charge is 0.257 e. The van der Waals surface area contributed by atoms with Gasteiger partial charge in [-0.3, -0.25) is 4.79 Å². The molecule has 1 fully saturated rings. The van der Waals surface area contributed by atoms with Gasteiger partial charge in [0.15, 0.2) is 0 Å². The number of hydrogen-bond acceptors (Lipinski definition) is 5. The van der Waals surface area contributed by atoms with Crippen LogP contribution in [-0.4, -0.2) is 46.0 Å². The molecule has 0 bridgehead atoms. The molecule has 2 aromatic rings. The van der Waals surface area contributed by atoms with E-state index in [0.29, 0.717) is 30.2 Å². The van der Waals surface area contributed by atoms with Gasteiger partial charge in [-0.15, -0.1) is 0 Å². The highest BCUT2D eigenvalue weighted by atomic mass is 35.5. The number of furan rings is 1. The maximum Gasteiger partial charge on any atom is 0.257 e. The summed E-state index contributed by atoms with van der Waals surface area (Å²) in [5.41, 5.74) is 0.530. The van der Waals surface area contributed by atoms with Crippen LogP contribution in [0.25, 0.3) is 0 Å². The number of methoxy groups -OCH3 is 1. The van der Waals surface area contributed by atoms with E-state index in [9.17, 15) is 13.2 Å². The van der Waals surface area contributed by atoms with Gasteiger partial charge in [0.1, 0.15) is 16.9 Å². The molecule has 9 heteroatoms. The van der Waals surface area contributed by atoms with Crippen LogP contribution >= 0.6 is 11.6 Å². The number of amides is 1. The van der Waals surface area contributed by atoms with E-state index in [0.717, 1.165) is 12.8 Å². The Morgan fingerprint density at radius 3 is 2.70 bits per heavy atom. The fraction of sp³-hybridized carbons (Fsp3) is 0.389. The topological polar surface area (TPSA) is 88.9 Å². The molecule has 0 aliphatic carbocycles. The maximum atomic E-state index is 12.6. The molecule has 1 aromatic heterocycles. The third-order valence-corrected chi connectivity index (χ3v) is 6.33. The molecule has 146 valence electrons. The molecular weight excluding hydrogens is 392 g/mol. The second-order valence-electron chi connectivity index (χ2n) is 6.39. The standard InChI is InChI=1S/C18H21ClN2O5S/c1-25-16-3-2-15(19)10-17(16)27(23,24)20-11-13-4-7-21(8-5-13)18(22)14-6-9-26-12-14/h2-3,6,9-10,12-13,20H,4-5,7-8,11H2,1H3. The van der Waals surface area contributed by atoms with Crippen LogP contribution in [0.5, 0.6) is 5.75 Å². The molecular formula is C18H21ClN2O5S. The number of nitrogens with one attached hydrogen (secondary N) is 1. The minimum absolute atomic E-state index is 0.0186. The zero-order chi connectivity index (χ0) is 19.4. The summed E-state index contributed by atoms with van der Waals surface area (Å²) >= 11 is 5.92. The molecule has 1 aliphatic heterocycles. The summed E-state index contributed by atoms with van der Waals surface area (Å²) in [7, 11) is -2.33. The lowest BCUT2D eigenvalue weighted by atomic mass is 9.97. The summed E-state index contributed by atoms with van der Waals surface area (Å²) in [5.74, 6) is 0.331. The van der Waals surface area contributed by atoms with Gasteiger partial charge in [0.2, 0.25) is 10.0 Å². The van der Waals surface area contributed by atoms with E-state index in [4.69, 9.17) is 20.8 Å². The Kier molecular flexibility index (Phi) is 6.08. The average molecular weight is 413 g/mol. The summed E-state index contributed by atoms with van der Waals surface area (Å²) < 4.78 is 37.9. The number of carbonyl (C=O) groups is 1. The Hall–Kier alpha value is -2.03. The van der Waals surface area contributed by atoms with Gasteiger partial charge < -0.3 is 14.1 Å². The first-order valence-corrected chi connectivity index (χ1v) is 10.4. The van der Waals surface area contributed by atoms with Gasteiger partial charge in [0.25, 0.3) is 5.91 Å². The molecule has 1 saturated heterocycles. The summed E-state index contributed by atoms with van der Waals surface area (Å²) in [6.45, 7) is 1.46. The van der Waals surface area contributed by atoms with Crippen LogP contribution in [0.1, 0.15) is 23.2 Å². The lowest BCUT2D eigenvalue weighted by molar-refractivity contribution is 0.0691. The van der Waals surface area contributed by atoms with Crippen molar-refractivity contribution in [3.8, 4) is 5.75 Å². The monoisotopic (exact) mass is 412 g/mol. The van der Waals surface area contributed by atoms with Gasteiger partial charge in [-0.1, -0.05) is 11.6 Å². The van der Waals surface area contributed by atoms with E-state index in [1.54, 1.807) is 17.0 Å². The van der Waals surface area contributed by atoms with Crippen molar-refractivity contribution in [3.05, 3.63) is 47.4 Å². The first kappa shape index (κ1) is 19.7. The SMILES string of the molecule is COc1ccc(Cl)cc1S(=O)(=O)NCC1CCN(C(=O)c2ccoc2)CC1. The van der Waals surface area contributed by atoms with Gasteiger partial charge in [-0.05, 0) is 43.0 Å². The molecule has 7 nitrogen and oxygen atoms in total. The molecule has 1 aromatic carbocycles. The highest BCUT2D eigenvalue weighted by Gasteiger charge is 2.26. The molecule has 1 N–H and O–H groups in total. The van der Waals surface area contributed by atoms with E-state index in [1.807, 2.05) is 0 Å². The zero-order valence-electron chi connectivity index (χ0n) is 14.9. The Bertz CT molecular complexity index is 890. The fourth-order valence-corrected chi connectivity index (χ4v) is 4.62. The minimum Gasteiger partial charge on any atom is -0.495 e. The van der Waals surface area contributed by atoms with Crippen LogP contribution < -0.4 is 9.46 Å². The van der Waals surface area contributed by atoms with Gasteiger partial charge in [0.05, 0.1) is 18.9 Å².